The van der Waals surface area contributed by atoms with Crippen LogP contribution in [0, 0.1) is 0 Å². The molecule has 2 nitrogen and oxygen atoms in total. The first-order valence-electron chi connectivity index (χ1n) is 5.14. The van der Waals surface area contributed by atoms with Crippen LogP contribution in [0.5, 0.6) is 0 Å². The summed E-state index contributed by atoms with van der Waals surface area (Å²) in [5.41, 5.74) is -0.637. The molecule has 0 fully saturated rings. The largest absolute Gasteiger partial charge is 0.388 e. The van der Waals surface area contributed by atoms with Gasteiger partial charge in [0.15, 0.2) is 0 Å². The van der Waals surface area contributed by atoms with Crippen LogP contribution in [-0.2, 0) is 0 Å². The van der Waals surface area contributed by atoms with Crippen molar-refractivity contribution in [2.75, 3.05) is 18.6 Å². The first-order chi connectivity index (χ1) is 7.44. The van der Waals surface area contributed by atoms with E-state index in [1.165, 1.54) is 4.88 Å². The fourth-order valence-corrected chi connectivity index (χ4v) is 3.57. The highest BCUT2D eigenvalue weighted by Crippen LogP contribution is 2.27. The number of nitrogens with one attached hydrogen (secondary N) is 1. The van der Waals surface area contributed by atoms with Gasteiger partial charge < -0.3 is 10.4 Å². The predicted molar refractivity (Wildman–Crippen MR) is 77.4 cm³/mol. The lowest BCUT2D eigenvalue weighted by Gasteiger charge is -2.24. The van der Waals surface area contributed by atoms with Crippen molar-refractivity contribution in [1.82, 2.24) is 5.32 Å². The zero-order chi connectivity index (χ0) is 12.2. The summed E-state index contributed by atoms with van der Waals surface area (Å²) in [7, 11) is 0. The Hall–Kier alpha value is 0.450. The van der Waals surface area contributed by atoms with Crippen LogP contribution in [-0.4, -0.2) is 29.3 Å². The Morgan fingerprint density at radius 3 is 2.81 bits per heavy atom. The van der Waals surface area contributed by atoms with E-state index in [9.17, 15) is 5.11 Å². The third-order valence-corrected chi connectivity index (χ3v) is 4.98. The second-order valence-electron chi connectivity index (χ2n) is 4.17. The van der Waals surface area contributed by atoms with Crippen LogP contribution in [0.15, 0.2) is 15.9 Å². The van der Waals surface area contributed by atoms with Gasteiger partial charge in [0.05, 0.1) is 9.39 Å². The van der Waals surface area contributed by atoms with Gasteiger partial charge in [0.25, 0.3) is 0 Å². The van der Waals surface area contributed by atoms with Crippen molar-refractivity contribution in [3.8, 4) is 0 Å². The minimum Gasteiger partial charge on any atom is -0.388 e. The van der Waals surface area contributed by atoms with Crippen molar-refractivity contribution in [1.29, 1.82) is 0 Å². The molecule has 1 aromatic rings. The van der Waals surface area contributed by atoms with Crippen molar-refractivity contribution in [3.05, 3.63) is 20.8 Å². The van der Waals surface area contributed by atoms with E-state index in [2.05, 4.69) is 40.3 Å². The lowest BCUT2D eigenvalue weighted by molar-refractivity contribution is 0.0822. The van der Waals surface area contributed by atoms with E-state index < -0.39 is 5.60 Å². The van der Waals surface area contributed by atoms with Crippen LogP contribution in [0.4, 0.5) is 0 Å². The maximum Gasteiger partial charge on any atom is 0.0833 e. The van der Waals surface area contributed by atoms with Gasteiger partial charge in [-0.15, -0.1) is 11.3 Å². The molecule has 0 aromatic carbocycles. The maximum atomic E-state index is 10.0. The van der Waals surface area contributed by atoms with Gasteiger partial charge in [0, 0.05) is 23.2 Å². The summed E-state index contributed by atoms with van der Waals surface area (Å²) in [6.07, 6.45) is 2.01. The number of rotatable bonds is 6. The Morgan fingerprint density at radius 2 is 2.31 bits per heavy atom. The molecular weight excluding hydrogens is 306 g/mol. The smallest absolute Gasteiger partial charge is 0.0833 e. The van der Waals surface area contributed by atoms with E-state index in [0.717, 1.165) is 9.54 Å². The van der Waals surface area contributed by atoms with E-state index in [4.69, 9.17) is 0 Å². The molecule has 1 aromatic heterocycles. The molecule has 1 rings (SSSR count). The molecule has 0 saturated heterocycles. The molecule has 0 saturated carbocycles. The molecule has 2 atom stereocenters. The average Bonchev–Trinajstić information content (AvgIpc) is 2.61. The molecule has 0 aliphatic rings. The minimum atomic E-state index is -0.637. The zero-order valence-corrected chi connectivity index (χ0v) is 13.0. The molecule has 92 valence electrons. The van der Waals surface area contributed by atoms with Gasteiger partial charge in [-0.1, -0.05) is 0 Å². The number of halogens is 1. The third-order valence-electron chi connectivity index (χ3n) is 2.27. The van der Waals surface area contributed by atoms with Crippen LogP contribution in [0.25, 0.3) is 0 Å². The number of aliphatic hydroxyl groups is 1. The van der Waals surface area contributed by atoms with E-state index in [1.807, 2.05) is 13.2 Å². The average molecular weight is 324 g/mol. The summed E-state index contributed by atoms with van der Waals surface area (Å²) in [5, 5.41) is 13.4. The van der Waals surface area contributed by atoms with Crippen LogP contribution < -0.4 is 5.32 Å². The molecular formula is C11H18BrNOS2. The minimum absolute atomic E-state index is 0.282. The number of hydrogen-bond acceptors (Lipinski definition) is 4. The normalized spacial score (nSPS) is 17.1. The van der Waals surface area contributed by atoms with Gasteiger partial charge in [-0.25, -0.2) is 0 Å². The number of hydrogen-bond donors (Lipinski definition) is 2. The standard InChI is InChI=1S/C11H18BrNOS2/c1-8(9-4-5-10(12)16-9)13-6-11(2,14)7-15-3/h4-5,8,13-14H,6-7H2,1-3H3. The quantitative estimate of drug-likeness (QED) is 0.842. The van der Waals surface area contributed by atoms with Crippen LogP contribution in [0.2, 0.25) is 0 Å². The fourth-order valence-electron chi connectivity index (χ4n) is 1.40. The van der Waals surface area contributed by atoms with Crippen molar-refractivity contribution in [3.63, 3.8) is 0 Å². The monoisotopic (exact) mass is 323 g/mol. The lowest BCUT2D eigenvalue weighted by atomic mass is 10.1. The second kappa shape index (κ2) is 6.40. The molecule has 5 heteroatoms. The Kier molecular flexibility index (Phi) is 5.81. The van der Waals surface area contributed by atoms with Gasteiger partial charge in [0.2, 0.25) is 0 Å². The van der Waals surface area contributed by atoms with E-state index in [0.29, 0.717) is 6.54 Å². The highest BCUT2D eigenvalue weighted by atomic mass is 79.9. The first-order valence-corrected chi connectivity index (χ1v) is 8.15. The summed E-state index contributed by atoms with van der Waals surface area (Å²) in [6, 6.07) is 4.44. The van der Waals surface area contributed by atoms with Gasteiger partial charge >= 0.3 is 0 Å². The summed E-state index contributed by atoms with van der Waals surface area (Å²) in [5.74, 6) is 0.751. The second-order valence-corrected chi connectivity index (χ2v) is 7.54. The summed E-state index contributed by atoms with van der Waals surface area (Å²) >= 11 is 6.85. The molecule has 2 N–H and O–H groups in total. The van der Waals surface area contributed by atoms with E-state index in [-0.39, 0.29) is 6.04 Å². The molecule has 1 heterocycles. The fraction of sp³-hybridized carbons (Fsp3) is 0.636. The first kappa shape index (κ1) is 14.5. The number of thiophene rings is 1. The maximum absolute atomic E-state index is 10.0. The number of thioether (sulfide) groups is 1. The highest BCUT2D eigenvalue weighted by Gasteiger charge is 2.20. The molecule has 16 heavy (non-hydrogen) atoms. The van der Waals surface area contributed by atoms with Crippen LogP contribution in [0.3, 0.4) is 0 Å². The Balaban J connectivity index is 2.43. The Morgan fingerprint density at radius 1 is 1.62 bits per heavy atom. The van der Waals surface area contributed by atoms with Crippen LogP contribution >= 0.6 is 39.0 Å². The predicted octanol–water partition coefficient (Wildman–Crippen LogP) is 3.28. The van der Waals surface area contributed by atoms with Crippen LogP contribution in [0.1, 0.15) is 24.8 Å². The Labute approximate surface area is 114 Å². The van der Waals surface area contributed by atoms with Crippen molar-refractivity contribution in [2.24, 2.45) is 0 Å². The van der Waals surface area contributed by atoms with Gasteiger partial charge in [-0.05, 0) is 48.2 Å². The van der Waals surface area contributed by atoms with Gasteiger partial charge in [-0.3, -0.25) is 0 Å². The summed E-state index contributed by atoms with van der Waals surface area (Å²) < 4.78 is 1.15. The zero-order valence-electron chi connectivity index (χ0n) is 9.79. The van der Waals surface area contributed by atoms with Crippen molar-refractivity contribution in [2.45, 2.75) is 25.5 Å². The highest BCUT2D eigenvalue weighted by molar-refractivity contribution is 9.11. The molecule has 0 spiro atoms. The van der Waals surface area contributed by atoms with Gasteiger partial charge in [-0.2, -0.15) is 11.8 Å². The summed E-state index contributed by atoms with van der Waals surface area (Å²) in [6.45, 7) is 4.60. The third kappa shape index (κ3) is 4.75. The van der Waals surface area contributed by atoms with E-state index >= 15 is 0 Å². The summed E-state index contributed by atoms with van der Waals surface area (Å²) in [4.78, 5) is 1.28. The molecule has 0 bridgehead atoms. The molecule has 0 aliphatic carbocycles. The SMILES string of the molecule is CSCC(C)(O)CNC(C)c1ccc(Br)s1. The topological polar surface area (TPSA) is 32.3 Å². The molecule has 0 amide bonds. The molecule has 2 unspecified atom stereocenters. The lowest BCUT2D eigenvalue weighted by Crippen LogP contribution is -2.40. The van der Waals surface area contributed by atoms with E-state index in [1.54, 1.807) is 23.1 Å². The molecule has 0 radical (unpaired) electrons. The molecule has 0 aliphatic heterocycles. The van der Waals surface area contributed by atoms with Crippen molar-refractivity contribution >= 4 is 39.0 Å². The van der Waals surface area contributed by atoms with Crippen molar-refractivity contribution < 1.29 is 5.11 Å². The van der Waals surface area contributed by atoms with Gasteiger partial charge in [0.1, 0.15) is 0 Å². The Bertz CT molecular complexity index is 328.